The van der Waals surface area contributed by atoms with Gasteiger partial charge in [-0.1, -0.05) is 27.7 Å². The molecule has 2 amide bonds. The molecule has 0 aliphatic rings. The van der Waals surface area contributed by atoms with Crippen LogP contribution in [0.25, 0.3) is 0 Å². The van der Waals surface area contributed by atoms with Gasteiger partial charge in [0.2, 0.25) is 0 Å². The molecular weight excluding hydrogens is 236 g/mol. The van der Waals surface area contributed by atoms with Crippen LogP contribution in [0.15, 0.2) is 0 Å². The van der Waals surface area contributed by atoms with E-state index in [1.54, 1.807) is 0 Å². The van der Waals surface area contributed by atoms with Crippen LogP contribution in [0.3, 0.4) is 0 Å². The van der Waals surface area contributed by atoms with Gasteiger partial charge in [0.15, 0.2) is 0 Å². The van der Waals surface area contributed by atoms with Gasteiger partial charge in [-0.15, -0.1) is 0 Å². The Balaban J connectivity index is 4.38. The predicted molar refractivity (Wildman–Crippen MR) is 67.7 cm³/mol. The molecule has 6 nitrogen and oxygen atoms in total. The maximum Gasteiger partial charge on any atom is 0.309 e. The SMILES string of the molecule is CC(C)[C@@H](CO)NC(=O)C(=O)N[C@H](CO)C(C)C. The van der Waals surface area contributed by atoms with Crippen molar-refractivity contribution in [3.63, 3.8) is 0 Å². The van der Waals surface area contributed by atoms with Gasteiger partial charge >= 0.3 is 11.8 Å². The summed E-state index contributed by atoms with van der Waals surface area (Å²) in [5.41, 5.74) is 0. The molecule has 18 heavy (non-hydrogen) atoms. The predicted octanol–water partition coefficient (Wildman–Crippen LogP) is -0.747. The van der Waals surface area contributed by atoms with Gasteiger partial charge in [-0.05, 0) is 11.8 Å². The molecule has 0 rings (SSSR count). The molecule has 6 heteroatoms. The molecule has 0 aromatic heterocycles. The molecule has 0 saturated heterocycles. The summed E-state index contributed by atoms with van der Waals surface area (Å²) in [6, 6.07) is -0.898. The van der Waals surface area contributed by atoms with E-state index in [1.807, 2.05) is 27.7 Å². The van der Waals surface area contributed by atoms with E-state index in [1.165, 1.54) is 0 Å². The van der Waals surface area contributed by atoms with Gasteiger partial charge in [0.25, 0.3) is 0 Å². The molecule has 0 heterocycles. The first kappa shape index (κ1) is 16.9. The van der Waals surface area contributed by atoms with Gasteiger partial charge in [0.05, 0.1) is 25.3 Å². The third-order valence-electron chi connectivity index (χ3n) is 2.84. The fourth-order valence-corrected chi connectivity index (χ4v) is 1.31. The number of carbonyl (C=O) groups excluding carboxylic acids is 2. The molecule has 0 aromatic rings. The summed E-state index contributed by atoms with van der Waals surface area (Å²) in [5.74, 6) is -1.51. The van der Waals surface area contributed by atoms with Crippen molar-refractivity contribution < 1.29 is 19.8 Å². The number of hydrogen-bond donors (Lipinski definition) is 4. The Morgan fingerprint density at radius 2 is 1.11 bits per heavy atom. The van der Waals surface area contributed by atoms with Crippen molar-refractivity contribution in [3.8, 4) is 0 Å². The van der Waals surface area contributed by atoms with E-state index in [4.69, 9.17) is 10.2 Å². The molecule has 0 spiro atoms. The second-order valence-electron chi connectivity index (χ2n) is 5.01. The van der Waals surface area contributed by atoms with Crippen molar-refractivity contribution in [1.29, 1.82) is 0 Å². The maximum atomic E-state index is 11.6. The number of carbonyl (C=O) groups is 2. The van der Waals surface area contributed by atoms with E-state index in [0.717, 1.165) is 0 Å². The van der Waals surface area contributed by atoms with Crippen LogP contribution in [-0.2, 0) is 9.59 Å². The Bertz CT molecular complexity index is 251. The lowest BCUT2D eigenvalue weighted by atomic mass is 10.0. The molecule has 4 N–H and O–H groups in total. The Morgan fingerprint density at radius 1 is 0.833 bits per heavy atom. The lowest BCUT2D eigenvalue weighted by Crippen LogP contribution is -2.51. The lowest BCUT2D eigenvalue weighted by molar-refractivity contribution is -0.140. The smallest absolute Gasteiger partial charge is 0.309 e. The van der Waals surface area contributed by atoms with Gasteiger partial charge < -0.3 is 20.8 Å². The third-order valence-corrected chi connectivity index (χ3v) is 2.84. The Labute approximate surface area is 108 Å². The molecule has 0 fully saturated rings. The standard InChI is InChI=1S/C12H24N2O4/c1-7(2)9(5-15)13-11(17)12(18)14-10(6-16)8(3)4/h7-10,15-16H,5-6H2,1-4H3,(H,13,17)(H,14,18)/t9-,10-/m1/s1. The van der Waals surface area contributed by atoms with Gasteiger partial charge in [0.1, 0.15) is 0 Å². The lowest BCUT2D eigenvalue weighted by Gasteiger charge is -2.22. The Kier molecular flexibility index (Phi) is 7.54. The van der Waals surface area contributed by atoms with Crippen LogP contribution in [0, 0.1) is 11.8 Å². The highest BCUT2D eigenvalue weighted by atomic mass is 16.3. The summed E-state index contributed by atoms with van der Waals surface area (Å²) >= 11 is 0. The first-order valence-electron chi connectivity index (χ1n) is 6.16. The largest absolute Gasteiger partial charge is 0.394 e. The van der Waals surface area contributed by atoms with Crippen LogP contribution in [0.2, 0.25) is 0 Å². The van der Waals surface area contributed by atoms with Crippen LogP contribution in [0.5, 0.6) is 0 Å². The van der Waals surface area contributed by atoms with Gasteiger partial charge in [0, 0.05) is 0 Å². The van der Waals surface area contributed by atoms with Crippen molar-refractivity contribution in [2.45, 2.75) is 39.8 Å². The van der Waals surface area contributed by atoms with E-state index >= 15 is 0 Å². The average Bonchev–Trinajstić information content (AvgIpc) is 2.31. The second-order valence-corrected chi connectivity index (χ2v) is 5.01. The summed E-state index contributed by atoms with van der Waals surface area (Å²) in [6.07, 6.45) is 0. The molecule has 0 unspecified atom stereocenters. The minimum absolute atomic E-state index is 0.0329. The summed E-state index contributed by atoms with van der Waals surface area (Å²) in [4.78, 5) is 23.1. The quantitative estimate of drug-likeness (QED) is 0.472. The molecule has 2 atom stereocenters. The zero-order valence-electron chi connectivity index (χ0n) is 11.4. The summed E-state index contributed by atoms with van der Waals surface area (Å²) in [6.45, 7) is 6.91. The molecule has 0 aromatic carbocycles. The molecule has 0 saturated carbocycles. The van der Waals surface area contributed by atoms with Crippen LogP contribution in [0.1, 0.15) is 27.7 Å². The zero-order valence-corrected chi connectivity index (χ0v) is 11.4. The van der Waals surface area contributed by atoms with Gasteiger partial charge in [-0.3, -0.25) is 9.59 Å². The van der Waals surface area contributed by atoms with Crippen LogP contribution in [-0.4, -0.2) is 47.3 Å². The third kappa shape index (κ3) is 5.46. The highest BCUT2D eigenvalue weighted by molar-refractivity contribution is 6.35. The van der Waals surface area contributed by atoms with Gasteiger partial charge in [-0.2, -0.15) is 0 Å². The minimum Gasteiger partial charge on any atom is -0.394 e. The fourth-order valence-electron chi connectivity index (χ4n) is 1.31. The van der Waals surface area contributed by atoms with Crippen molar-refractivity contribution in [2.75, 3.05) is 13.2 Å². The molecule has 106 valence electrons. The summed E-state index contributed by atoms with van der Waals surface area (Å²) in [7, 11) is 0. The summed E-state index contributed by atoms with van der Waals surface area (Å²) < 4.78 is 0. The highest BCUT2D eigenvalue weighted by Gasteiger charge is 2.23. The molecular formula is C12H24N2O4. The second kappa shape index (κ2) is 8.05. The Morgan fingerprint density at radius 3 is 1.28 bits per heavy atom. The van der Waals surface area contributed by atoms with Gasteiger partial charge in [-0.25, -0.2) is 0 Å². The highest BCUT2D eigenvalue weighted by Crippen LogP contribution is 2.02. The van der Waals surface area contributed by atoms with Crippen LogP contribution < -0.4 is 10.6 Å². The number of hydrogen-bond acceptors (Lipinski definition) is 4. The first-order chi connectivity index (χ1) is 8.33. The van der Waals surface area contributed by atoms with Crippen molar-refractivity contribution in [1.82, 2.24) is 10.6 Å². The zero-order chi connectivity index (χ0) is 14.3. The summed E-state index contributed by atoms with van der Waals surface area (Å²) in [5, 5.41) is 23.0. The molecule has 0 aliphatic heterocycles. The van der Waals surface area contributed by atoms with Crippen LogP contribution in [0.4, 0.5) is 0 Å². The minimum atomic E-state index is -0.790. The van der Waals surface area contributed by atoms with E-state index in [9.17, 15) is 9.59 Å². The van der Waals surface area contributed by atoms with E-state index in [0.29, 0.717) is 0 Å². The van der Waals surface area contributed by atoms with E-state index in [-0.39, 0.29) is 25.0 Å². The molecule has 0 radical (unpaired) electrons. The van der Waals surface area contributed by atoms with E-state index < -0.39 is 23.9 Å². The first-order valence-corrected chi connectivity index (χ1v) is 6.16. The topological polar surface area (TPSA) is 98.7 Å². The molecule has 0 aliphatic carbocycles. The maximum absolute atomic E-state index is 11.6. The van der Waals surface area contributed by atoms with Crippen molar-refractivity contribution in [3.05, 3.63) is 0 Å². The fraction of sp³-hybridized carbons (Fsp3) is 0.833. The molecule has 0 bridgehead atoms. The normalized spacial score (nSPS) is 14.4. The number of amides is 2. The number of rotatable bonds is 6. The van der Waals surface area contributed by atoms with Crippen molar-refractivity contribution >= 4 is 11.8 Å². The number of aliphatic hydroxyl groups excluding tert-OH is 2. The van der Waals surface area contributed by atoms with Crippen LogP contribution >= 0.6 is 0 Å². The number of nitrogens with one attached hydrogen (secondary N) is 2. The van der Waals surface area contributed by atoms with Crippen molar-refractivity contribution in [2.24, 2.45) is 11.8 Å². The Hall–Kier alpha value is -1.14. The monoisotopic (exact) mass is 260 g/mol. The van der Waals surface area contributed by atoms with E-state index in [2.05, 4.69) is 10.6 Å². The number of aliphatic hydroxyl groups is 2. The average molecular weight is 260 g/mol.